The Bertz CT molecular complexity index is 331. The maximum Gasteiger partial charge on any atom is 0.0558 e. The Morgan fingerprint density at radius 2 is 1.53 bits per heavy atom. The van der Waals surface area contributed by atoms with Gasteiger partial charge in [0.15, 0.2) is 0 Å². The molecule has 5 heteroatoms. The molecule has 0 spiro atoms. The molecule has 3 nitrogen and oxygen atoms in total. The Kier molecular flexibility index (Phi) is 8.50. The van der Waals surface area contributed by atoms with Crippen LogP contribution in [0.25, 0.3) is 0 Å². The smallest absolute Gasteiger partial charge is 0.0558 e. The van der Waals surface area contributed by atoms with Gasteiger partial charge in [-0.1, -0.05) is 18.2 Å². The van der Waals surface area contributed by atoms with Crippen LogP contribution in [0, 0.1) is 0 Å². The standard InChI is InChI=1S/C14H22N2OS.ClH/c17-12-10-15-6-8-16(9-7-15)11-13-18-14-4-2-1-3-5-14;/h1-5,17H,6-13H2;1H/p-1. The number of hydrogen-bond donors (Lipinski definition) is 1. The van der Waals surface area contributed by atoms with E-state index in [-0.39, 0.29) is 19.0 Å². The molecule has 0 amide bonds. The lowest BCUT2D eigenvalue weighted by atomic mass is 10.3. The van der Waals surface area contributed by atoms with E-state index in [0.29, 0.717) is 0 Å². The molecule has 1 aliphatic rings. The SMILES string of the molecule is OCCN1CCN(CCSc2ccccc2)CC1.[Cl-]. The number of halogens is 1. The number of hydrogen-bond acceptors (Lipinski definition) is 4. The number of β-amino-alcohol motifs (C(OH)–C–C–N with tert-alkyl or cyclic N) is 1. The first kappa shape index (κ1) is 16.8. The van der Waals surface area contributed by atoms with Gasteiger partial charge in [0.25, 0.3) is 0 Å². The van der Waals surface area contributed by atoms with Crippen LogP contribution >= 0.6 is 11.8 Å². The molecule has 0 saturated carbocycles. The molecule has 1 fully saturated rings. The average molecular weight is 302 g/mol. The average Bonchev–Trinajstić information content (AvgIpc) is 2.42. The van der Waals surface area contributed by atoms with E-state index in [1.54, 1.807) is 0 Å². The molecule has 0 atom stereocenters. The second kappa shape index (κ2) is 9.61. The van der Waals surface area contributed by atoms with Crippen LogP contribution < -0.4 is 12.4 Å². The molecule has 0 aliphatic carbocycles. The van der Waals surface area contributed by atoms with Crippen molar-refractivity contribution in [3.8, 4) is 0 Å². The van der Waals surface area contributed by atoms with E-state index in [1.807, 2.05) is 11.8 Å². The van der Waals surface area contributed by atoms with Crippen molar-refractivity contribution in [1.29, 1.82) is 0 Å². The van der Waals surface area contributed by atoms with Crippen LogP contribution in [0.3, 0.4) is 0 Å². The quantitative estimate of drug-likeness (QED) is 0.640. The number of aliphatic hydroxyl groups is 1. The van der Waals surface area contributed by atoms with Gasteiger partial charge in [0.2, 0.25) is 0 Å². The summed E-state index contributed by atoms with van der Waals surface area (Å²) >= 11 is 1.93. The molecule has 0 radical (unpaired) electrons. The molecule has 2 rings (SSSR count). The lowest BCUT2D eigenvalue weighted by molar-refractivity contribution is -0.00000485. The number of nitrogens with zero attached hydrogens (tertiary/aromatic N) is 2. The van der Waals surface area contributed by atoms with Gasteiger partial charge in [-0.2, -0.15) is 0 Å². The van der Waals surface area contributed by atoms with Crippen molar-refractivity contribution < 1.29 is 17.5 Å². The second-order valence-corrected chi connectivity index (χ2v) is 5.74. The topological polar surface area (TPSA) is 26.7 Å². The molecule has 0 unspecified atom stereocenters. The highest BCUT2D eigenvalue weighted by molar-refractivity contribution is 7.99. The minimum absolute atomic E-state index is 0. The van der Waals surface area contributed by atoms with E-state index >= 15 is 0 Å². The minimum atomic E-state index is 0. The van der Waals surface area contributed by atoms with Crippen molar-refractivity contribution in [1.82, 2.24) is 9.80 Å². The van der Waals surface area contributed by atoms with Crippen LogP contribution in [0.1, 0.15) is 0 Å². The van der Waals surface area contributed by atoms with Crippen molar-refractivity contribution in [3.05, 3.63) is 30.3 Å². The normalized spacial score (nSPS) is 17.1. The molecule has 0 bridgehead atoms. The summed E-state index contributed by atoms with van der Waals surface area (Å²) in [6.45, 7) is 6.72. The third kappa shape index (κ3) is 6.15. The van der Waals surface area contributed by atoms with Crippen molar-refractivity contribution >= 4 is 11.8 Å². The van der Waals surface area contributed by atoms with E-state index in [2.05, 4.69) is 40.1 Å². The highest BCUT2D eigenvalue weighted by Crippen LogP contribution is 2.17. The Balaban J connectivity index is 0.00000180. The molecule has 1 saturated heterocycles. The lowest BCUT2D eigenvalue weighted by Gasteiger charge is -2.34. The first-order valence-corrected chi connectivity index (χ1v) is 7.60. The maximum absolute atomic E-state index is 8.89. The van der Waals surface area contributed by atoms with Crippen LogP contribution in [-0.2, 0) is 0 Å². The summed E-state index contributed by atoms with van der Waals surface area (Å²) in [4.78, 5) is 6.21. The van der Waals surface area contributed by atoms with Crippen LogP contribution in [0.4, 0.5) is 0 Å². The number of aliphatic hydroxyl groups excluding tert-OH is 1. The van der Waals surface area contributed by atoms with Gasteiger partial charge >= 0.3 is 0 Å². The highest BCUT2D eigenvalue weighted by Gasteiger charge is 2.15. The maximum atomic E-state index is 8.89. The number of thioether (sulfide) groups is 1. The van der Waals surface area contributed by atoms with Gasteiger partial charge in [0.05, 0.1) is 6.61 Å². The molecule has 19 heavy (non-hydrogen) atoms. The lowest BCUT2D eigenvalue weighted by Crippen LogP contribution is -3.00. The molecule has 1 aliphatic heterocycles. The third-order valence-corrected chi connectivity index (χ3v) is 4.29. The molecule has 1 heterocycles. The summed E-state index contributed by atoms with van der Waals surface area (Å²) in [7, 11) is 0. The first-order chi connectivity index (χ1) is 8.88. The Morgan fingerprint density at radius 1 is 0.947 bits per heavy atom. The summed E-state index contributed by atoms with van der Waals surface area (Å²) in [5.74, 6) is 1.16. The number of benzene rings is 1. The summed E-state index contributed by atoms with van der Waals surface area (Å²) in [5, 5.41) is 8.89. The zero-order valence-corrected chi connectivity index (χ0v) is 12.7. The third-order valence-electron chi connectivity index (χ3n) is 3.30. The Hall–Kier alpha value is -0.260. The van der Waals surface area contributed by atoms with Crippen LogP contribution in [-0.4, -0.2) is 66.5 Å². The summed E-state index contributed by atoms with van der Waals surface area (Å²) in [5.41, 5.74) is 0. The summed E-state index contributed by atoms with van der Waals surface area (Å²) in [6.07, 6.45) is 0. The zero-order chi connectivity index (χ0) is 12.6. The number of rotatable bonds is 6. The molecule has 1 aromatic carbocycles. The fourth-order valence-corrected chi connectivity index (χ4v) is 3.12. The fourth-order valence-electron chi connectivity index (χ4n) is 2.19. The minimum Gasteiger partial charge on any atom is -1.00 e. The van der Waals surface area contributed by atoms with Gasteiger partial charge in [-0.15, -0.1) is 11.8 Å². The molecule has 1 N–H and O–H groups in total. The monoisotopic (exact) mass is 301 g/mol. The second-order valence-electron chi connectivity index (χ2n) is 4.57. The zero-order valence-electron chi connectivity index (χ0n) is 11.2. The van der Waals surface area contributed by atoms with Crippen molar-refractivity contribution in [2.75, 3.05) is 51.6 Å². The van der Waals surface area contributed by atoms with E-state index in [4.69, 9.17) is 5.11 Å². The van der Waals surface area contributed by atoms with Crippen molar-refractivity contribution in [3.63, 3.8) is 0 Å². The van der Waals surface area contributed by atoms with E-state index in [9.17, 15) is 0 Å². The van der Waals surface area contributed by atoms with Gasteiger partial charge in [0, 0.05) is 49.9 Å². The first-order valence-electron chi connectivity index (χ1n) is 6.62. The molecule has 0 aromatic heterocycles. The van der Waals surface area contributed by atoms with Gasteiger partial charge in [0.1, 0.15) is 0 Å². The van der Waals surface area contributed by atoms with Crippen molar-refractivity contribution in [2.24, 2.45) is 0 Å². The predicted molar refractivity (Wildman–Crippen MR) is 77.1 cm³/mol. The van der Waals surface area contributed by atoms with Gasteiger partial charge in [-0.3, -0.25) is 9.80 Å². The van der Waals surface area contributed by atoms with Gasteiger partial charge in [-0.05, 0) is 12.1 Å². The molecule has 1 aromatic rings. The van der Waals surface area contributed by atoms with Crippen LogP contribution in [0.2, 0.25) is 0 Å². The van der Waals surface area contributed by atoms with Gasteiger partial charge in [-0.25, -0.2) is 0 Å². The fraction of sp³-hybridized carbons (Fsp3) is 0.571. The van der Waals surface area contributed by atoms with Crippen molar-refractivity contribution in [2.45, 2.75) is 4.90 Å². The highest BCUT2D eigenvalue weighted by atomic mass is 35.5. The molecular weight excluding hydrogens is 280 g/mol. The van der Waals surface area contributed by atoms with Crippen LogP contribution in [0.5, 0.6) is 0 Å². The molecule has 108 valence electrons. The number of piperazine rings is 1. The largest absolute Gasteiger partial charge is 1.00 e. The van der Waals surface area contributed by atoms with Crippen LogP contribution in [0.15, 0.2) is 35.2 Å². The van der Waals surface area contributed by atoms with E-state index in [1.165, 1.54) is 4.90 Å². The predicted octanol–water partition coefficient (Wildman–Crippen LogP) is -1.61. The Morgan fingerprint density at radius 3 is 2.11 bits per heavy atom. The van der Waals surface area contributed by atoms with Gasteiger partial charge < -0.3 is 17.5 Å². The Labute approximate surface area is 126 Å². The molecular formula is C14H22ClN2OS-. The van der Waals surface area contributed by atoms with E-state index < -0.39 is 0 Å². The summed E-state index contributed by atoms with van der Waals surface area (Å²) < 4.78 is 0. The van der Waals surface area contributed by atoms with E-state index in [0.717, 1.165) is 45.0 Å². The summed E-state index contributed by atoms with van der Waals surface area (Å²) in [6, 6.07) is 10.6.